The van der Waals surface area contributed by atoms with E-state index in [0.29, 0.717) is 36.5 Å². The molecular weight excluding hydrogens is 326 g/mol. The Morgan fingerprint density at radius 1 is 1.28 bits per heavy atom. The van der Waals surface area contributed by atoms with E-state index in [9.17, 15) is 9.59 Å². The van der Waals surface area contributed by atoms with Crippen LogP contribution >= 0.6 is 0 Å². The van der Waals surface area contributed by atoms with E-state index in [1.807, 2.05) is 21.1 Å². The van der Waals surface area contributed by atoms with Gasteiger partial charge in [0.2, 0.25) is 0 Å². The summed E-state index contributed by atoms with van der Waals surface area (Å²) < 4.78 is 11.5. The average molecular weight is 354 g/mol. The zero-order valence-electron chi connectivity index (χ0n) is 15.2. The van der Waals surface area contributed by atoms with Crippen molar-refractivity contribution < 1.29 is 28.3 Å². The Hall–Kier alpha value is -1.90. The highest BCUT2D eigenvalue weighted by molar-refractivity contribution is 5.92. The molecule has 1 aromatic rings. The van der Waals surface area contributed by atoms with E-state index in [4.69, 9.17) is 14.3 Å². The van der Waals surface area contributed by atoms with Gasteiger partial charge in [-0.1, -0.05) is 0 Å². The van der Waals surface area contributed by atoms with Crippen LogP contribution in [0.3, 0.4) is 0 Å². The zero-order chi connectivity index (χ0) is 18.4. The standard InChI is InChI=1S/C17H27N3O5/c1-20(2,3)12-13(10-16(21)22)18-17(23)15-5-4-14(25-15)11-19-6-8-24-9-7-19/h4-5,13H,6-12H2,1-3H3,(H-,18,21,22,23)/p+1. The zero-order valence-corrected chi connectivity index (χ0v) is 15.2. The highest BCUT2D eigenvalue weighted by atomic mass is 16.5. The number of amides is 1. The van der Waals surface area contributed by atoms with Crippen molar-refractivity contribution >= 4 is 11.9 Å². The number of ether oxygens (including phenoxy) is 1. The number of quaternary nitrogens is 1. The number of nitrogens with zero attached hydrogens (tertiary/aromatic N) is 2. The normalized spacial score (nSPS) is 17.2. The fourth-order valence-electron chi connectivity index (χ4n) is 2.85. The van der Waals surface area contributed by atoms with E-state index in [1.54, 1.807) is 12.1 Å². The Morgan fingerprint density at radius 3 is 2.56 bits per heavy atom. The van der Waals surface area contributed by atoms with Gasteiger partial charge in [0.05, 0.1) is 59.9 Å². The third-order valence-corrected chi connectivity index (χ3v) is 3.89. The van der Waals surface area contributed by atoms with Crippen molar-refractivity contribution in [3.05, 3.63) is 23.7 Å². The molecule has 2 heterocycles. The smallest absolute Gasteiger partial charge is 0.305 e. The molecule has 1 aliphatic heterocycles. The van der Waals surface area contributed by atoms with Crippen LogP contribution in [0.4, 0.5) is 0 Å². The largest absolute Gasteiger partial charge is 0.481 e. The molecular formula is C17H28N3O5+. The van der Waals surface area contributed by atoms with Crippen molar-refractivity contribution in [1.29, 1.82) is 0 Å². The first-order valence-electron chi connectivity index (χ1n) is 8.45. The molecule has 1 aliphatic rings. The number of likely N-dealkylation sites (N-methyl/N-ethyl adjacent to an activating group) is 1. The minimum absolute atomic E-state index is 0.122. The van der Waals surface area contributed by atoms with Crippen molar-refractivity contribution in [3.63, 3.8) is 0 Å². The monoisotopic (exact) mass is 354 g/mol. The fourth-order valence-corrected chi connectivity index (χ4v) is 2.85. The Labute approximate surface area is 147 Å². The molecule has 1 saturated heterocycles. The summed E-state index contributed by atoms with van der Waals surface area (Å²) in [5, 5.41) is 11.8. The molecule has 0 radical (unpaired) electrons. The van der Waals surface area contributed by atoms with Crippen molar-refractivity contribution in [2.24, 2.45) is 0 Å². The number of hydrogen-bond acceptors (Lipinski definition) is 5. The second-order valence-electron chi connectivity index (χ2n) is 7.40. The molecule has 2 rings (SSSR count). The van der Waals surface area contributed by atoms with Crippen molar-refractivity contribution in [1.82, 2.24) is 10.2 Å². The Bertz CT molecular complexity index is 587. The van der Waals surface area contributed by atoms with E-state index in [0.717, 1.165) is 13.1 Å². The second-order valence-corrected chi connectivity index (χ2v) is 7.40. The summed E-state index contributed by atoms with van der Waals surface area (Å²) in [5.41, 5.74) is 0. The molecule has 2 N–H and O–H groups in total. The lowest BCUT2D eigenvalue weighted by molar-refractivity contribution is -0.871. The molecule has 0 bridgehead atoms. The molecule has 8 nitrogen and oxygen atoms in total. The number of carboxylic acids is 1. The van der Waals surface area contributed by atoms with Crippen LogP contribution in [0.2, 0.25) is 0 Å². The summed E-state index contributed by atoms with van der Waals surface area (Å²) >= 11 is 0. The van der Waals surface area contributed by atoms with Crippen LogP contribution in [-0.4, -0.2) is 86.4 Å². The number of hydrogen-bond donors (Lipinski definition) is 2. The minimum atomic E-state index is -0.939. The summed E-state index contributed by atoms with van der Waals surface area (Å²) in [5.74, 6) is -0.396. The van der Waals surface area contributed by atoms with Gasteiger partial charge in [-0.15, -0.1) is 0 Å². The highest BCUT2D eigenvalue weighted by Gasteiger charge is 2.24. The van der Waals surface area contributed by atoms with Gasteiger partial charge in [-0.05, 0) is 12.1 Å². The third-order valence-electron chi connectivity index (χ3n) is 3.89. The number of carbonyl (C=O) groups is 2. The number of nitrogens with one attached hydrogen (secondary N) is 1. The molecule has 1 atom stereocenters. The van der Waals surface area contributed by atoms with Crippen LogP contribution in [0, 0.1) is 0 Å². The predicted octanol–water partition coefficient (Wildman–Crippen LogP) is 0.391. The van der Waals surface area contributed by atoms with Crippen LogP contribution < -0.4 is 5.32 Å². The highest BCUT2D eigenvalue weighted by Crippen LogP contribution is 2.12. The van der Waals surface area contributed by atoms with E-state index >= 15 is 0 Å². The van der Waals surface area contributed by atoms with E-state index < -0.39 is 12.0 Å². The SMILES string of the molecule is C[N+](C)(C)CC(CC(=O)O)NC(=O)c1ccc(CN2CCOCC2)o1. The number of carboxylic acid groups (broad SMARTS) is 1. The lowest BCUT2D eigenvalue weighted by Gasteiger charge is -2.28. The van der Waals surface area contributed by atoms with Crippen LogP contribution in [-0.2, 0) is 16.1 Å². The molecule has 0 aliphatic carbocycles. The third kappa shape index (κ3) is 6.85. The molecule has 0 spiro atoms. The summed E-state index contributed by atoms with van der Waals surface area (Å²) in [6.45, 7) is 4.23. The molecule has 25 heavy (non-hydrogen) atoms. The number of aliphatic carboxylic acids is 1. The molecule has 1 amide bonds. The summed E-state index contributed by atoms with van der Waals surface area (Å²) in [6.07, 6.45) is -0.122. The Morgan fingerprint density at radius 2 is 1.96 bits per heavy atom. The van der Waals surface area contributed by atoms with E-state index in [2.05, 4.69) is 10.2 Å². The Balaban J connectivity index is 1.94. The van der Waals surface area contributed by atoms with Crippen LogP contribution in [0.5, 0.6) is 0 Å². The average Bonchev–Trinajstić information content (AvgIpc) is 2.94. The van der Waals surface area contributed by atoms with Gasteiger partial charge in [0.25, 0.3) is 5.91 Å². The molecule has 1 fully saturated rings. The van der Waals surface area contributed by atoms with Gasteiger partial charge < -0.3 is 24.1 Å². The van der Waals surface area contributed by atoms with Gasteiger partial charge in [0.1, 0.15) is 5.76 Å². The first-order chi connectivity index (χ1) is 11.7. The van der Waals surface area contributed by atoms with Gasteiger partial charge >= 0.3 is 5.97 Å². The second kappa shape index (κ2) is 8.46. The van der Waals surface area contributed by atoms with E-state index in [-0.39, 0.29) is 18.1 Å². The number of rotatable bonds is 8. The van der Waals surface area contributed by atoms with Gasteiger partial charge in [0.15, 0.2) is 5.76 Å². The lowest BCUT2D eigenvalue weighted by Crippen LogP contribution is -2.49. The van der Waals surface area contributed by atoms with Crippen molar-refractivity contribution in [2.75, 3.05) is 54.0 Å². The van der Waals surface area contributed by atoms with Gasteiger partial charge in [-0.25, -0.2) is 0 Å². The molecule has 0 aromatic carbocycles. The fraction of sp³-hybridized carbons (Fsp3) is 0.647. The topological polar surface area (TPSA) is 92.0 Å². The maximum atomic E-state index is 12.4. The number of morpholine rings is 1. The maximum Gasteiger partial charge on any atom is 0.305 e. The molecule has 140 valence electrons. The Kier molecular flexibility index (Phi) is 6.57. The van der Waals surface area contributed by atoms with Crippen molar-refractivity contribution in [3.8, 4) is 0 Å². The minimum Gasteiger partial charge on any atom is -0.481 e. The first-order valence-corrected chi connectivity index (χ1v) is 8.45. The quantitative estimate of drug-likeness (QED) is 0.656. The predicted molar refractivity (Wildman–Crippen MR) is 91.2 cm³/mol. The van der Waals surface area contributed by atoms with Crippen LogP contribution in [0.25, 0.3) is 0 Å². The van der Waals surface area contributed by atoms with Crippen molar-refractivity contribution in [2.45, 2.75) is 19.0 Å². The maximum absolute atomic E-state index is 12.4. The van der Waals surface area contributed by atoms with Crippen LogP contribution in [0.1, 0.15) is 22.7 Å². The van der Waals surface area contributed by atoms with Gasteiger partial charge in [0, 0.05) is 13.1 Å². The molecule has 1 unspecified atom stereocenters. The van der Waals surface area contributed by atoms with E-state index in [1.165, 1.54) is 0 Å². The summed E-state index contributed by atoms with van der Waals surface area (Å²) in [7, 11) is 5.86. The first kappa shape index (κ1) is 19.4. The molecule has 0 saturated carbocycles. The summed E-state index contributed by atoms with van der Waals surface area (Å²) in [6, 6.07) is 2.96. The summed E-state index contributed by atoms with van der Waals surface area (Å²) in [4.78, 5) is 25.6. The number of carbonyl (C=O) groups excluding carboxylic acids is 1. The number of furan rings is 1. The lowest BCUT2D eigenvalue weighted by atomic mass is 10.2. The molecule has 8 heteroatoms. The van der Waals surface area contributed by atoms with Gasteiger partial charge in [-0.3, -0.25) is 14.5 Å². The van der Waals surface area contributed by atoms with Gasteiger partial charge in [-0.2, -0.15) is 0 Å². The van der Waals surface area contributed by atoms with Crippen LogP contribution in [0.15, 0.2) is 16.5 Å². The molecule has 1 aromatic heterocycles.